The summed E-state index contributed by atoms with van der Waals surface area (Å²) in [6.07, 6.45) is 1.34. The van der Waals surface area contributed by atoms with Gasteiger partial charge in [0.15, 0.2) is 0 Å². The van der Waals surface area contributed by atoms with E-state index in [9.17, 15) is 14.7 Å². The summed E-state index contributed by atoms with van der Waals surface area (Å²) in [6, 6.07) is 7.96. The molecule has 4 rings (SSSR count). The molecule has 2 aliphatic heterocycles. The number of carbonyl (C=O) groups excluding carboxylic acids is 1. The number of anilines is 1. The summed E-state index contributed by atoms with van der Waals surface area (Å²) in [5.74, 6) is 0.00515. The van der Waals surface area contributed by atoms with Gasteiger partial charge in [-0.2, -0.15) is 0 Å². The molecule has 7 heteroatoms. The summed E-state index contributed by atoms with van der Waals surface area (Å²) < 4.78 is 5.48. The average Bonchev–Trinajstić information content (AvgIpc) is 2.93. The Morgan fingerprint density at radius 2 is 2.04 bits per heavy atom. The van der Waals surface area contributed by atoms with Crippen LogP contribution in [-0.2, 0) is 9.59 Å². The van der Waals surface area contributed by atoms with Crippen LogP contribution in [0.3, 0.4) is 0 Å². The van der Waals surface area contributed by atoms with Crippen molar-refractivity contribution in [2.75, 3.05) is 32.1 Å². The van der Waals surface area contributed by atoms with E-state index < -0.39 is 17.4 Å². The number of amides is 1. The Bertz CT molecular complexity index is 950. The predicted molar refractivity (Wildman–Crippen MR) is 106 cm³/mol. The van der Waals surface area contributed by atoms with Gasteiger partial charge in [0, 0.05) is 31.9 Å². The Morgan fingerprint density at radius 1 is 1.32 bits per heavy atom. The van der Waals surface area contributed by atoms with Crippen LogP contribution in [-0.4, -0.2) is 59.7 Å². The monoisotopic (exact) mass is 383 g/mol. The first-order valence-electron chi connectivity index (χ1n) is 9.56. The molecule has 7 nitrogen and oxygen atoms in total. The number of carboxylic acid groups (broad SMARTS) is 1. The fourth-order valence-corrected chi connectivity index (χ4v) is 4.81. The number of carbonyl (C=O) groups is 2. The molecule has 1 aromatic heterocycles. The molecule has 2 fully saturated rings. The minimum Gasteiger partial charge on any atom is -0.494 e. The Kier molecular flexibility index (Phi) is 4.40. The number of pyridine rings is 1. The Labute approximate surface area is 163 Å². The summed E-state index contributed by atoms with van der Waals surface area (Å²) in [6.45, 7) is 3.38. The molecule has 1 N–H and O–H groups in total. The van der Waals surface area contributed by atoms with Gasteiger partial charge in [-0.15, -0.1) is 0 Å². The van der Waals surface area contributed by atoms with E-state index in [-0.39, 0.29) is 12.3 Å². The zero-order chi connectivity index (χ0) is 20.1. The standard InChI is InChI=1S/C21H25N3O4/c1-13-11-17(22-19-14(13)5-4-6-16(19)28-3)24-9-7-21(8-10-24)15(20(26)27)12-18(25)23(21)2/h4-6,11,15H,7-10,12H2,1-3H3,(H,26,27)/t15-/m1/s1. The van der Waals surface area contributed by atoms with Gasteiger partial charge in [0.05, 0.1) is 18.6 Å². The van der Waals surface area contributed by atoms with E-state index in [0.29, 0.717) is 25.9 Å². The van der Waals surface area contributed by atoms with Crippen molar-refractivity contribution in [2.24, 2.45) is 5.92 Å². The molecule has 0 bridgehead atoms. The molecular weight excluding hydrogens is 358 g/mol. The van der Waals surface area contributed by atoms with Gasteiger partial charge >= 0.3 is 5.97 Å². The SMILES string of the molecule is COc1cccc2c(C)cc(N3CCC4(CC3)[C@@H](C(=O)O)CC(=O)N4C)nc12. The van der Waals surface area contributed by atoms with Gasteiger partial charge in [0.2, 0.25) is 5.91 Å². The van der Waals surface area contributed by atoms with E-state index in [0.717, 1.165) is 28.0 Å². The zero-order valence-electron chi connectivity index (χ0n) is 16.4. The molecule has 1 amide bonds. The topological polar surface area (TPSA) is 83.0 Å². The van der Waals surface area contributed by atoms with Crippen LogP contribution in [0.5, 0.6) is 5.75 Å². The van der Waals surface area contributed by atoms with Crippen molar-refractivity contribution in [1.82, 2.24) is 9.88 Å². The highest BCUT2D eigenvalue weighted by Crippen LogP contribution is 2.43. The molecule has 2 aromatic rings. The highest BCUT2D eigenvalue weighted by atomic mass is 16.5. The van der Waals surface area contributed by atoms with E-state index in [1.54, 1.807) is 19.1 Å². The van der Waals surface area contributed by atoms with E-state index in [2.05, 4.69) is 17.9 Å². The molecule has 0 radical (unpaired) electrons. The minimum atomic E-state index is -0.879. The van der Waals surface area contributed by atoms with Crippen LogP contribution in [0.1, 0.15) is 24.8 Å². The van der Waals surface area contributed by atoms with Gasteiger partial charge in [0.1, 0.15) is 17.1 Å². The van der Waals surface area contributed by atoms with Gasteiger partial charge in [-0.05, 0) is 37.5 Å². The normalized spacial score (nSPS) is 21.5. The highest BCUT2D eigenvalue weighted by molar-refractivity contribution is 5.89. The number of nitrogens with zero attached hydrogens (tertiary/aromatic N) is 3. The maximum atomic E-state index is 12.2. The Morgan fingerprint density at radius 3 is 2.68 bits per heavy atom. The van der Waals surface area contributed by atoms with Gasteiger partial charge in [-0.1, -0.05) is 12.1 Å². The minimum absolute atomic E-state index is 0.0785. The van der Waals surface area contributed by atoms with E-state index in [1.165, 1.54) is 0 Å². The fourth-order valence-electron chi connectivity index (χ4n) is 4.81. The van der Waals surface area contributed by atoms with Crippen LogP contribution in [0.15, 0.2) is 24.3 Å². The Balaban J connectivity index is 1.64. The largest absolute Gasteiger partial charge is 0.494 e. The van der Waals surface area contributed by atoms with Crippen LogP contribution < -0.4 is 9.64 Å². The molecule has 1 aromatic carbocycles. The molecule has 1 atom stereocenters. The highest BCUT2D eigenvalue weighted by Gasteiger charge is 2.55. The molecule has 0 unspecified atom stereocenters. The number of aliphatic carboxylic acids is 1. The predicted octanol–water partition coefficient (Wildman–Crippen LogP) is 2.45. The number of rotatable bonds is 3. The van der Waals surface area contributed by atoms with Crippen LogP contribution in [0.4, 0.5) is 5.82 Å². The first-order chi connectivity index (χ1) is 13.4. The summed E-state index contributed by atoms with van der Waals surface area (Å²) >= 11 is 0. The lowest BCUT2D eigenvalue weighted by Crippen LogP contribution is -2.56. The summed E-state index contributed by atoms with van der Waals surface area (Å²) in [7, 11) is 3.38. The second kappa shape index (κ2) is 6.65. The number of methoxy groups -OCH3 is 1. The first kappa shape index (κ1) is 18.5. The number of para-hydroxylation sites is 1. The number of benzene rings is 1. The number of aromatic nitrogens is 1. The van der Waals surface area contributed by atoms with Crippen molar-refractivity contribution in [3.8, 4) is 5.75 Å². The van der Waals surface area contributed by atoms with Gasteiger partial charge < -0.3 is 19.6 Å². The maximum Gasteiger partial charge on any atom is 0.309 e. The van der Waals surface area contributed by atoms with Crippen molar-refractivity contribution in [3.63, 3.8) is 0 Å². The third-order valence-corrected chi connectivity index (χ3v) is 6.54. The number of piperidine rings is 1. The molecule has 0 saturated carbocycles. The summed E-state index contributed by atoms with van der Waals surface area (Å²) in [5.41, 5.74) is 1.36. The lowest BCUT2D eigenvalue weighted by atomic mass is 9.77. The molecule has 0 aliphatic carbocycles. The molecule has 148 valence electrons. The zero-order valence-corrected chi connectivity index (χ0v) is 16.4. The third kappa shape index (κ3) is 2.68. The summed E-state index contributed by atoms with van der Waals surface area (Å²) in [5, 5.41) is 10.7. The molecule has 1 spiro atoms. The van der Waals surface area contributed by atoms with Gasteiger partial charge in [-0.3, -0.25) is 9.59 Å². The second-order valence-corrected chi connectivity index (χ2v) is 7.79. The van der Waals surface area contributed by atoms with E-state index >= 15 is 0 Å². The second-order valence-electron chi connectivity index (χ2n) is 7.79. The lowest BCUT2D eigenvalue weighted by Gasteiger charge is -2.45. The van der Waals surface area contributed by atoms with Crippen LogP contribution in [0.25, 0.3) is 10.9 Å². The lowest BCUT2D eigenvalue weighted by molar-refractivity contribution is -0.145. The number of hydrogen-bond acceptors (Lipinski definition) is 5. The molecule has 28 heavy (non-hydrogen) atoms. The van der Waals surface area contributed by atoms with Crippen molar-refractivity contribution >= 4 is 28.6 Å². The smallest absolute Gasteiger partial charge is 0.309 e. The van der Waals surface area contributed by atoms with Crippen LogP contribution in [0.2, 0.25) is 0 Å². The number of hydrogen-bond donors (Lipinski definition) is 1. The number of carboxylic acids is 1. The van der Waals surface area contributed by atoms with Gasteiger partial charge in [0.25, 0.3) is 0 Å². The number of ether oxygens (including phenoxy) is 1. The van der Waals surface area contributed by atoms with Gasteiger partial charge in [-0.25, -0.2) is 4.98 Å². The fraction of sp³-hybridized carbons (Fsp3) is 0.476. The van der Waals surface area contributed by atoms with Crippen molar-refractivity contribution in [3.05, 3.63) is 29.8 Å². The quantitative estimate of drug-likeness (QED) is 0.877. The van der Waals surface area contributed by atoms with Crippen LogP contribution in [0, 0.1) is 12.8 Å². The number of fused-ring (bicyclic) bond motifs is 1. The first-order valence-corrected chi connectivity index (χ1v) is 9.56. The average molecular weight is 383 g/mol. The molecule has 3 heterocycles. The molecular formula is C21H25N3O4. The van der Waals surface area contributed by atoms with Crippen LogP contribution >= 0.6 is 0 Å². The van der Waals surface area contributed by atoms with Crippen molar-refractivity contribution < 1.29 is 19.4 Å². The maximum absolute atomic E-state index is 12.2. The molecule has 2 saturated heterocycles. The van der Waals surface area contributed by atoms with Crippen molar-refractivity contribution in [1.29, 1.82) is 0 Å². The van der Waals surface area contributed by atoms with E-state index in [1.807, 2.05) is 18.2 Å². The number of likely N-dealkylation sites (tertiary alicyclic amines) is 1. The Hall–Kier alpha value is -2.83. The van der Waals surface area contributed by atoms with Crippen molar-refractivity contribution in [2.45, 2.75) is 31.7 Å². The third-order valence-electron chi connectivity index (χ3n) is 6.54. The van der Waals surface area contributed by atoms with E-state index in [4.69, 9.17) is 9.72 Å². The molecule has 2 aliphatic rings. The summed E-state index contributed by atoms with van der Waals surface area (Å²) in [4.78, 5) is 32.6. The number of aryl methyl sites for hydroxylation is 1.